The van der Waals surface area contributed by atoms with Crippen molar-refractivity contribution in [2.24, 2.45) is 5.92 Å². The zero-order valence-electron chi connectivity index (χ0n) is 9.21. The van der Waals surface area contributed by atoms with E-state index in [1.165, 1.54) is 0 Å². The normalized spacial score (nSPS) is 20.0. The summed E-state index contributed by atoms with van der Waals surface area (Å²) in [7, 11) is 0. The Labute approximate surface area is 110 Å². The molecule has 1 aliphatic rings. The molecule has 1 N–H and O–H groups in total. The number of ether oxygens (including phenoxy) is 1. The van der Waals surface area contributed by atoms with Crippen LogP contribution in [0.25, 0.3) is 0 Å². The quantitative estimate of drug-likeness (QED) is 0.898. The summed E-state index contributed by atoms with van der Waals surface area (Å²) < 4.78 is 5.27. The molecule has 1 saturated heterocycles. The Bertz CT molecular complexity index is 397. The van der Waals surface area contributed by atoms with E-state index in [0.717, 1.165) is 19.4 Å². The molecule has 2 rings (SSSR count). The second-order valence-corrected chi connectivity index (χ2v) is 4.81. The standard InChI is InChI=1S/C12H13Cl2NO2/c13-9-4-1-5-10(14)11(9)15-12(16)8-3-2-6-17-7-8/h1,4-5,8H,2-3,6-7H2,(H,15,16). The summed E-state index contributed by atoms with van der Waals surface area (Å²) in [5.74, 6) is -0.198. The van der Waals surface area contributed by atoms with Gasteiger partial charge in [0.15, 0.2) is 0 Å². The molecule has 1 aromatic carbocycles. The molecule has 1 amide bonds. The number of anilines is 1. The van der Waals surface area contributed by atoms with Gasteiger partial charge in [-0.05, 0) is 25.0 Å². The lowest BCUT2D eigenvalue weighted by molar-refractivity contribution is -0.123. The second kappa shape index (κ2) is 5.71. The molecule has 0 radical (unpaired) electrons. The largest absolute Gasteiger partial charge is 0.381 e. The molecule has 3 nitrogen and oxygen atoms in total. The number of para-hydroxylation sites is 1. The molecule has 1 heterocycles. The van der Waals surface area contributed by atoms with Crippen LogP contribution in [-0.2, 0) is 9.53 Å². The third kappa shape index (κ3) is 3.12. The number of carbonyl (C=O) groups excluding carboxylic acids is 1. The van der Waals surface area contributed by atoms with Gasteiger partial charge in [0.2, 0.25) is 5.91 Å². The van der Waals surface area contributed by atoms with E-state index in [2.05, 4.69) is 5.32 Å². The van der Waals surface area contributed by atoms with Crippen LogP contribution >= 0.6 is 23.2 Å². The van der Waals surface area contributed by atoms with E-state index in [1.54, 1.807) is 18.2 Å². The highest BCUT2D eigenvalue weighted by molar-refractivity contribution is 6.39. The van der Waals surface area contributed by atoms with E-state index in [9.17, 15) is 4.79 Å². The molecule has 1 fully saturated rings. The van der Waals surface area contributed by atoms with Crippen LogP contribution in [0.3, 0.4) is 0 Å². The monoisotopic (exact) mass is 273 g/mol. The number of amides is 1. The Morgan fingerprint density at radius 1 is 1.35 bits per heavy atom. The van der Waals surface area contributed by atoms with Crippen LogP contribution in [0.1, 0.15) is 12.8 Å². The van der Waals surface area contributed by atoms with Gasteiger partial charge >= 0.3 is 0 Å². The van der Waals surface area contributed by atoms with Crippen molar-refractivity contribution in [2.45, 2.75) is 12.8 Å². The summed E-state index contributed by atoms with van der Waals surface area (Å²) in [5, 5.41) is 3.66. The van der Waals surface area contributed by atoms with Crippen LogP contribution in [0, 0.1) is 5.92 Å². The van der Waals surface area contributed by atoms with Gasteiger partial charge in [-0.2, -0.15) is 0 Å². The van der Waals surface area contributed by atoms with Gasteiger partial charge in [0.05, 0.1) is 28.3 Å². The maximum absolute atomic E-state index is 12.0. The minimum atomic E-state index is -0.115. The minimum absolute atomic E-state index is 0.0836. The summed E-state index contributed by atoms with van der Waals surface area (Å²) in [4.78, 5) is 12.0. The lowest BCUT2D eigenvalue weighted by atomic mass is 10.0. The van der Waals surface area contributed by atoms with Gasteiger partial charge in [-0.1, -0.05) is 29.3 Å². The summed E-state index contributed by atoms with van der Waals surface area (Å²) in [6.45, 7) is 1.20. The van der Waals surface area contributed by atoms with E-state index in [-0.39, 0.29) is 11.8 Å². The summed E-state index contributed by atoms with van der Waals surface area (Å²) in [6.07, 6.45) is 1.75. The summed E-state index contributed by atoms with van der Waals surface area (Å²) in [5.41, 5.74) is 0.478. The highest BCUT2D eigenvalue weighted by Gasteiger charge is 2.22. The fraction of sp³-hybridized carbons (Fsp3) is 0.417. The fourth-order valence-corrected chi connectivity index (χ4v) is 2.28. The van der Waals surface area contributed by atoms with Gasteiger partial charge in [0, 0.05) is 6.61 Å². The van der Waals surface area contributed by atoms with Crippen LogP contribution < -0.4 is 5.32 Å². The van der Waals surface area contributed by atoms with Crippen LogP contribution in [0.4, 0.5) is 5.69 Å². The van der Waals surface area contributed by atoms with Crippen LogP contribution in [0.2, 0.25) is 10.0 Å². The molecular formula is C12H13Cl2NO2. The molecule has 1 aliphatic heterocycles. The first-order chi connectivity index (χ1) is 8.18. The topological polar surface area (TPSA) is 38.3 Å². The molecule has 0 aliphatic carbocycles. The Balaban J connectivity index is 2.07. The van der Waals surface area contributed by atoms with Crippen molar-refractivity contribution in [1.82, 2.24) is 0 Å². The predicted molar refractivity (Wildman–Crippen MR) is 68.6 cm³/mol. The van der Waals surface area contributed by atoms with E-state index < -0.39 is 0 Å². The van der Waals surface area contributed by atoms with Gasteiger partial charge in [0.25, 0.3) is 0 Å². The zero-order chi connectivity index (χ0) is 12.3. The number of nitrogens with one attached hydrogen (secondary N) is 1. The van der Waals surface area contributed by atoms with Gasteiger partial charge < -0.3 is 10.1 Å². The first kappa shape index (κ1) is 12.7. The van der Waals surface area contributed by atoms with Gasteiger partial charge in [-0.15, -0.1) is 0 Å². The van der Waals surface area contributed by atoms with Crippen molar-refractivity contribution in [2.75, 3.05) is 18.5 Å². The predicted octanol–water partition coefficient (Wildman–Crippen LogP) is 3.36. The molecule has 0 bridgehead atoms. The molecule has 17 heavy (non-hydrogen) atoms. The number of carbonyl (C=O) groups is 1. The molecule has 0 spiro atoms. The first-order valence-corrected chi connectivity index (χ1v) is 6.26. The Hall–Kier alpha value is -0.770. The van der Waals surface area contributed by atoms with Crippen molar-refractivity contribution >= 4 is 34.8 Å². The Morgan fingerprint density at radius 2 is 2.06 bits per heavy atom. The molecule has 1 atom stereocenters. The van der Waals surface area contributed by atoms with Crippen molar-refractivity contribution in [3.63, 3.8) is 0 Å². The zero-order valence-corrected chi connectivity index (χ0v) is 10.7. The number of rotatable bonds is 2. The fourth-order valence-electron chi connectivity index (χ4n) is 1.79. The van der Waals surface area contributed by atoms with E-state index in [4.69, 9.17) is 27.9 Å². The molecule has 5 heteroatoms. The second-order valence-electron chi connectivity index (χ2n) is 4.00. The average Bonchev–Trinajstić information content (AvgIpc) is 2.35. The number of halogens is 2. The Kier molecular flexibility index (Phi) is 4.26. The smallest absolute Gasteiger partial charge is 0.229 e. The van der Waals surface area contributed by atoms with Crippen molar-refractivity contribution in [1.29, 1.82) is 0 Å². The van der Waals surface area contributed by atoms with Gasteiger partial charge in [0.1, 0.15) is 0 Å². The van der Waals surface area contributed by atoms with E-state index in [1.807, 2.05) is 0 Å². The van der Waals surface area contributed by atoms with E-state index in [0.29, 0.717) is 22.3 Å². The highest BCUT2D eigenvalue weighted by Crippen LogP contribution is 2.30. The van der Waals surface area contributed by atoms with E-state index >= 15 is 0 Å². The molecule has 0 aromatic heterocycles. The summed E-state index contributed by atoms with van der Waals surface area (Å²) in [6, 6.07) is 5.13. The first-order valence-electron chi connectivity index (χ1n) is 5.51. The molecule has 1 aromatic rings. The summed E-state index contributed by atoms with van der Waals surface area (Å²) >= 11 is 12.0. The molecule has 1 unspecified atom stereocenters. The van der Waals surface area contributed by atoms with Crippen molar-refractivity contribution in [3.05, 3.63) is 28.2 Å². The Morgan fingerprint density at radius 3 is 2.65 bits per heavy atom. The van der Waals surface area contributed by atoms with Crippen LogP contribution in [0.5, 0.6) is 0 Å². The third-order valence-electron chi connectivity index (χ3n) is 2.74. The van der Waals surface area contributed by atoms with Crippen molar-refractivity contribution in [3.8, 4) is 0 Å². The lowest BCUT2D eigenvalue weighted by Gasteiger charge is -2.21. The number of benzene rings is 1. The molecule has 0 saturated carbocycles. The van der Waals surface area contributed by atoms with Crippen LogP contribution in [0.15, 0.2) is 18.2 Å². The van der Waals surface area contributed by atoms with Gasteiger partial charge in [-0.25, -0.2) is 0 Å². The van der Waals surface area contributed by atoms with Crippen LogP contribution in [-0.4, -0.2) is 19.1 Å². The van der Waals surface area contributed by atoms with Crippen molar-refractivity contribution < 1.29 is 9.53 Å². The SMILES string of the molecule is O=C(Nc1c(Cl)cccc1Cl)C1CCCOC1. The minimum Gasteiger partial charge on any atom is -0.381 e. The highest BCUT2D eigenvalue weighted by atomic mass is 35.5. The molecular weight excluding hydrogens is 261 g/mol. The number of hydrogen-bond acceptors (Lipinski definition) is 2. The number of hydrogen-bond donors (Lipinski definition) is 1. The maximum atomic E-state index is 12.0. The third-order valence-corrected chi connectivity index (χ3v) is 3.37. The average molecular weight is 274 g/mol. The maximum Gasteiger partial charge on any atom is 0.229 e. The van der Waals surface area contributed by atoms with Gasteiger partial charge in [-0.3, -0.25) is 4.79 Å². The lowest BCUT2D eigenvalue weighted by Crippen LogP contribution is -2.30. The molecule has 92 valence electrons.